The Morgan fingerprint density at radius 3 is 2.50 bits per heavy atom. The van der Waals surface area contributed by atoms with Gasteiger partial charge in [-0.05, 0) is 24.3 Å². The normalized spacial score (nSPS) is 12.4. The van der Waals surface area contributed by atoms with E-state index in [4.69, 9.17) is 15.3 Å². The number of thioether (sulfide) groups is 1. The summed E-state index contributed by atoms with van der Waals surface area (Å²) in [6.45, 7) is -0.291. The van der Waals surface area contributed by atoms with E-state index in [-0.39, 0.29) is 23.9 Å². The second-order valence-corrected chi connectivity index (χ2v) is 4.35. The van der Waals surface area contributed by atoms with E-state index in [0.29, 0.717) is 11.3 Å². The predicted molar refractivity (Wildman–Crippen MR) is 62.9 cm³/mol. The number of Topliss-reactive ketones (excluding diaryl/α,β-unsaturated/α-hetero) is 1. The van der Waals surface area contributed by atoms with Gasteiger partial charge in [-0.1, -0.05) is 0 Å². The number of phenols is 1. The van der Waals surface area contributed by atoms with Gasteiger partial charge in [-0.15, -0.1) is 0 Å². The van der Waals surface area contributed by atoms with Gasteiger partial charge in [-0.2, -0.15) is 11.8 Å². The monoisotopic (exact) mass is 242 g/mol. The molecule has 0 spiro atoms. The Hall–Kier alpha value is -1.04. The second kappa shape index (κ2) is 6.52. The lowest BCUT2D eigenvalue weighted by molar-refractivity contribution is 0.102. The molecule has 1 rings (SSSR count). The summed E-state index contributed by atoms with van der Waals surface area (Å²) >= 11 is 1.27. The lowest BCUT2D eigenvalue weighted by atomic mass is 10.1. The lowest BCUT2D eigenvalue weighted by Gasteiger charge is -2.05. The fourth-order valence-corrected chi connectivity index (χ4v) is 1.92. The minimum Gasteiger partial charge on any atom is -0.508 e. The van der Waals surface area contributed by atoms with Crippen LogP contribution in [0.1, 0.15) is 10.4 Å². The summed E-state index contributed by atoms with van der Waals surface area (Å²) in [7, 11) is 0. The molecule has 0 aliphatic rings. The summed E-state index contributed by atoms with van der Waals surface area (Å²) < 4.78 is 0. The number of phenolic OH excluding ortho intramolecular Hbond substituents is 1. The van der Waals surface area contributed by atoms with Crippen molar-refractivity contribution in [3.63, 3.8) is 0 Å². The molecule has 0 bridgehead atoms. The van der Waals surface area contributed by atoms with Crippen LogP contribution in [0.5, 0.6) is 5.75 Å². The summed E-state index contributed by atoms with van der Waals surface area (Å²) in [5.41, 5.74) is 0.531. The maximum absolute atomic E-state index is 11.6. The number of carbonyl (C=O) groups is 1. The minimum atomic E-state index is -0.780. The molecule has 0 aromatic heterocycles. The molecule has 0 radical (unpaired) electrons. The van der Waals surface area contributed by atoms with Gasteiger partial charge in [0.2, 0.25) is 0 Å². The van der Waals surface area contributed by atoms with Crippen molar-refractivity contribution in [1.82, 2.24) is 0 Å². The van der Waals surface area contributed by atoms with Gasteiger partial charge >= 0.3 is 0 Å². The van der Waals surface area contributed by atoms with Crippen LogP contribution in [0.3, 0.4) is 0 Å². The number of carbonyl (C=O) groups excluding carboxylic acids is 1. The highest BCUT2D eigenvalue weighted by Gasteiger charge is 2.08. The van der Waals surface area contributed by atoms with Crippen LogP contribution < -0.4 is 0 Å². The van der Waals surface area contributed by atoms with Crippen LogP contribution in [0.25, 0.3) is 0 Å². The quantitative estimate of drug-likeness (QED) is 0.639. The summed E-state index contributed by atoms with van der Waals surface area (Å²) in [5, 5.41) is 26.7. The molecule has 0 aliphatic heterocycles. The van der Waals surface area contributed by atoms with E-state index in [1.165, 1.54) is 23.9 Å². The number of ketones is 1. The van der Waals surface area contributed by atoms with Crippen LogP contribution in [-0.2, 0) is 0 Å². The Balaban J connectivity index is 2.38. The van der Waals surface area contributed by atoms with Crippen LogP contribution in [-0.4, -0.2) is 45.3 Å². The van der Waals surface area contributed by atoms with Crippen molar-refractivity contribution in [2.45, 2.75) is 6.10 Å². The van der Waals surface area contributed by atoms with Gasteiger partial charge in [0.1, 0.15) is 5.75 Å². The van der Waals surface area contributed by atoms with Gasteiger partial charge in [0.05, 0.1) is 18.5 Å². The average Bonchev–Trinajstić information content (AvgIpc) is 2.29. The van der Waals surface area contributed by atoms with E-state index >= 15 is 0 Å². The number of benzene rings is 1. The van der Waals surface area contributed by atoms with Crippen LogP contribution in [0.2, 0.25) is 0 Å². The number of aliphatic hydroxyl groups excluding tert-OH is 2. The zero-order valence-corrected chi connectivity index (χ0v) is 9.48. The third-order valence-corrected chi connectivity index (χ3v) is 3.03. The molecule has 1 atom stereocenters. The first-order valence-electron chi connectivity index (χ1n) is 4.82. The van der Waals surface area contributed by atoms with Gasteiger partial charge in [-0.25, -0.2) is 0 Å². The van der Waals surface area contributed by atoms with E-state index in [0.717, 1.165) is 0 Å². The highest BCUT2D eigenvalue weighted by molar-refractivity contribution is 8.00. The number of aliphatic hydroxyl groups is 2. The van der Waals surface area contributed by atoms with Crippen molar-refractivity contribution in [3.8, 4) is 5.75 Å². The third-order valence-electron chi connectivity index (χ3n) is 1.94. The SMILES string of the molecule is O=C(CSCC(O)CO)c1ccc(O)cc1. The van der Waals surface area contributed by atoms with Gasteiger partial charge in [0.15, 0.2) is 5.78 Å². The summed E-state index contributed by atoms with van der Waals surface area (Å²) in [6.07, 6.45) is -0.780. The molecule has 0 heterocycles. The molecule has 0 saturated heterocycles. The van der Waals surface area contributed by atoms with E-state index in [1.54, 1.807) is 12.1 Å². The van der Waals surface area contributed by atoms with Crippen LogP contribution in [0, 0.1) is 0 Å². The number of hydrogen-bond donors (Lipinski definition) is 3. The largest absolute Gasteiger partial charge is 0.508 e. The molecule has 1 aromatic carbocycles. The standard InChI is InChI=1S/C11H14O4S/c12-5-10(14)6-16-7-11(15)8-1-3-9(13)4-2-8/h1-4,10,12-14H,5-7H2. The third kappa shape index (κ3) is 4.22. The van der Waals surface area contributed by atoms with Crippen molar-refractivity contribution >= 4 is 17.5 Å². The van der Waals surface area contributed by atoms with E-state index in [9.17, 15) is 4.79 Å². The van der Waals surface area contributed by atoms with Crippen molar-refractivity contribution in [2.75, 3.05) is 18.1 Å². The molecule has 0 fully saturated rings. The number of aromatic hydroxyl groups is 1. The van der Waals surface area contributed by atoms with Gasteiger partial charge in [-0.3, -0.25) is 4.79 Å². The zero-order valence-electron chi connectivity index (χ0n) is 8.67. The summed E-state index contributed by atoms with van der Waals surface area (Å²) in [4.78, 5) is 11.6. The highest BCUT2D eigenvalue weighted by Crippen LogP contribution is 2.12. The Kier molecular flexibility index (Phi) is 5.31. The topological polar surface area (TPSA) is 77.8 Å². The van der Waals surface area contributed by atoms with Gasteiger partial charge in [0, 0.05) is 11.3 Å². The molecule has 88 valence electrons. The second-order valence-electron chi connectivity index (χ2n) is 3.32. The van der Waals surface area contributed by atoms with E-state index < -0.39 is 6.10 Å². The average molecular weight is 242 g/mol. The van der Waals surface area contributed by atoms with Gasteiger partial charge < -0.3 is 15.3 Å². The Morgan fingerprint density at radius 1 is 1.31 bits per heavy atom. The first kappa shape index (κ1) is 13.0. The van der Waals surface area contributed by atoms with Crippen molar-refractivity contribution in [3.05, 3.63) is 29.8 Å². The van der Waals surface area contributed by atoms with E-state index in [2.05, 4.69) is 0 Å². The first-order chi connectivity index (χ1) is 7.63. The lowest BCUT2D eigenvalue weighted by Crippen LogP contribution is -2.16. The molecule has 5 heteroatoms. The summed E-state index contributed by atoms with van der Waals surface area (Å²) in [5.74, 6) is 0.650. The smallest absolute Gasteiger partial charge is 0.172 e. The Bertz CT molecular complexity index is 336. The van der Waals surface area contributed by atoms with Crippen LogP contribution in [0.4, 0.5) is 0 Å². The van der Waals surface area contributed by atoms with Crippen molar-refractivity contribution in [1.29, 1.82) is 0 Å². The maximum Gasteiger partial charge on any atom is 0.172 e. The van der Waals surface area contributed by atoms with Crippen LogP contribution in [0.15, 0.2) is 24.3 Å². The minimum absolute atomic E-state index is 0.0601. The molecular formula is C11H14O4S. The molecule has 0 aliphatic carbocycles. The maximum atomic E-state index is 11.6. The van der Waals surface area contributed by atoms with Crippen molar-refractivity contribution < 1.29 is 20.1 Å². The number of rotatable bonds is 6. The fraction of sp³-hybridized carbons (Fsp3) is 0.364. The zero-order chi connectivity index (χ0) is 12.0. The molecule has 1 unspecified atom stereocenters. The summed E-state index contributed by atoms with van der Waals surface area (Å²) in [6, 6.07) is 6.03. The van der Waals surface area contributed by atoms with Crippen molar-refractivity contribution in [2.24, 2.45) is 0 Å². The predicted octanol–water partition coefficient (Wildman–Crippen LogP) is 0.661. The molecule has 1 aromatic rings. The molecule has 4 nitrogen and oxygen atoms in total. The number of hydrogen-bond acceptors (Lipinski definition) is 5. The fourth-order valence-electron chi connectivity index (χ4n) is 1.07. The molecule has 0 amide bonds. The molecular weight excluding hydrogens is 228 g/mol. The molecule has 16 heavy (non-hydrogen) atoms. The van der Waals surface area contributed by atoms with Crippen LogP contribution >= 0.6 is 11.8 Å². The molecule has 0 saturated carbocycles. The van der Waals surface area contributed by atoms with Gasteiger partial charge in [0.25, 0.3) is 0 Å². The Morgan fingerprint density at radius 2 is 1.94 bits per heavy atom. The first-order valence-corrected chi connectivity index (χ1v) is 5.98. The van der Waals surface area contributed by atoms with E-state index in [1.807, 2.05) is 0 Å². The molecule has 3 N–H and O–H groups in total. The highest BCUT2D eigenvalue weighted by atomic mass is 32.2. The Labute approximate surface area is 97.9 Å².